The van der Waals surface area contributed by atoms with Gasteiger partial charge in [0.2, 0.25) is 10.0 Å². The van der Waals surface area contributed by atoms with Crippen molar-refractivity contribution in [3.05, 3.63) is 89.0 Å². The second-order valence-electron chi connectivity index (χ2n) is 6.05. The summed E-state index contributed by atoms with van der Waals surface area (Å²) in [4.78, 5) is 8.89. The molecule has 0 aliphatic rings. The molecule has 1 aromatic heterocycles. The summed E-state index contributed by atoms with van der Waals surface area (Å²) in [5, 5.41) is 0. The Bertz CT molecular complexity index is 1100. The minimum absolute atomic E-state index is 0.239. The lowest BCUT2D eigenvalue weighted by Crippen LogP contribution is -2.18. The van der Waals surface area contributed by atoms with Gasteiger partial charge < -0.3 is 0 Å². The predicted octanol–water partition coefficient (Wildman–Crippen LogP) is 2.55. The molecule has 6 heteroatoms. The van der Waals surface area contributed by atoms with Crippen LogP contribution in [0.4, 0.5) is 0 Å². The Hall–Kier alpha value is -3.01. The molecule has 0 saturated heterocycles. The Balaban J connectivity index is 1.80. The Morgan fingerprint density at radius 3 is 2.22 bits per heavy atom. The van der Waals surface area contributed by atoms with Crippen LogP contribution in [-0.4, -0.2) is 25.4 Å². The maximum atomic E-state index is 12.0. The van der Waals surface area contributed by atoms with E-state index in [1.807, 2.05) is 36.4 Å². The van der Waals surface area contributed by atoms with E-state index < -0.39 is 10.0 Å². The normalized spacial score (nSPS) is 11.1. The zero-order valence-corrected chi connectivity index (χ0v) is 15.7. The van der Waals surface area contributed by atoms with E-state index in [1.165, 1.54) is 13.4 Å². The van der Waals surface area contributed by atoms with E-state index in [0.717, 1.165) is 28.1 Å². The summed E-state index contributed by atoms with van der Waals surface area (Å²) in [7, 11) is -2.07. The number of hydrogen-bond acceptors (Lipinski definition) is 4. The third-order valence-corrected chi connectivity index (χ3v) is 5.53. The van der Waals surface area contributed by atoms with Gasteiger partial charge in [-0.2, -0.15) is 0 Å². The summed E-state index contributed by atoms with van der Waals surface area (Å²) in [5.74, 6) is 2.63. The third-order valence-electron chi connectivity index (χ3n) is 4.12. The van der Waals surface area contributed by atoms with Gasteiger partial charge in [-0.15, -0.1) is 6.42 Å². The highest BCUT2D eigenvalue weighted by molar-refractivity contribution is 7.89. The first-order chi connectivity index (χ1) is 13.0. The van der Waals surface area contributed by atoms with Crippen LogP contribution in [0, 0.1) is 12.3 Å². The van der Waals surface area contributed by atoms with Gasteiger partial charge in [-0.25, -0.2) is 23.1 Å². The number of nitrogens with one attached hydrogen (secondary N) is 1. The van der Waals surface area contributed by atoms with Crippen molar-refractivity contribution in [2.75, 3.05) is 7.05 Å². The number of terminal acetylenes is 1. The zero-order chi connectivity index (χ0) is 19.3. The quantitative estimate of drug-likeness (QED) is 0.670. The van der Waals surface area contributed by atoms with Crippen LogP contribution >= 0.6 is 0 Å². The van der Waals surface area contributed by atoms with Gasteiger partial charge in [-0.1, -0.05) is 30.2 Å². The van der Waals surface area contributed by atoms with E-state index in [2.05, 4.69) is 20.6 Å². The summed E-state index contributed by atoms with van der Waals surface area (Å²) < 4.78 is 26.3. The van der Waals surface area contributed by atoms with Crippen molar-refractivity contribution >= 4 is 10.0 Å². The van der Waals surface area contributed by atoms with Crippen LogP contribution in [0.25, 0.3) is 0 Å². The second kappa shape index (κ2) is 8.12. The van der Waals surface area contributed by atoms with Crippen molar-refractivity contribution in [2.24, 2.45) is 0 Å². The monoisotopic (exact) mass is 377 g/mol. The van der Waals surface area contributed by atoms with E-state index >= 15 is 0 Å². The molecule has 136 valence electrons. The van der Waals surface area contributed by atoms with Crippen LogP contribution in [0.1, 0.15) is 28.1 Å². The standard InChI is InChI=1S/C21H19N3O2S/c1-3-16-6-4-7-17(10-16)11-19-14-20(24-15-23-19)12-18-8-5-9-21(13-18)27(25,26)22-2/h1,4-10,13-15,22H,11-12H2,2H3. The van der Waals surface area contributed by atoms with Crippen LogP contribution < -0.4 is 4.72 Å². The smallest absolute Gasteiger partial charge is 0.240 e. The number of nitrogens with zero attached hydrogens (tertiary/aromatic N) is 2. The number of rotatable bonds is 6. The molecule has 0 saturated carbocycles. The zero-order valence-electron chi connectivity index (χ0n) is 14.9. The molecule has 27 heavy (non-hydrogen) atoms. The first kappa shape index (κ1) is 18.8. The molecule has 0 aliphatic heterocycles. The highest BCUT2D eigenvalue weighted by Gasteiger charge is 2.12. The predicted molar refractivity (Wildman–Crippen MR) is 105 cm³/mol. The summed E-state index contributed by atoms with van der Waals surface area (Å²) >= 11 is 0. The molecule has 0 bridgehead atoms. The molecule has 1 N–H and O–H groups in total. The van der Waals surface area contributed by atoms with E-state index in [9.17, 15) is 8.42 Å². The lowest BCUT2D eigenvalue weighted by Gasteiger charge is -2.07. The van der Waals surface area contributed by atoms with Crippen molar-refractivity contribution < 1.29 is 8.42 Å². The van der Waals surface area contributed by atoms with Gasteiger partial charge in [-0.3, -0.25) is 0 Å². The fourth-order valence-electron chi connectivity index (χ4n) is 2.77. The molecule has 0 atom stereocenters. The fraction of sp³-hybridized carbons (Fsp3) is 0.143. The number of hydrogen-bond donors (Lipinski definition) is 1. The van der Waals surface area contributed by atoms with Crippen molar-refractivity contribution in [1.29, 1.82) is 0 Å². The van der Waals surface area contributed by atoms with Gasteiger partial charge in [0.25, 0.3) is 0 Å². The molecule has 1 heterocycles. The number of benzene rings is 2. The minimum atomic E-state index is -3.47. The molecule has 0 spiro atoms. The van der Waals surface area contributed by atoms with Crippen molar-refractivity contribution in [3.8, 4) is 12.3 Å². The summed E-state index contributed by atoms with van der Waals surface area (Å²) in [6.07, 6.45) is 8.16. The summed E-state index contributed by atoms with van der Waals surface area (Å²) in [6.45, 7) is 0. The molecular formula is C21H19N3O2S. The van der Waals surface area contributed by atoms with Crippen LogP contribution in [0.3, 0.4) is 0 Å². The Morgan fingerprint density at radius 2 is 1.59 bits per heavy atom. The molecule has 3 rings (SSSR count). The van der Waals surface area contributed by atoms with E-state index in [4.69, 9.17) is 6.42 Å². The molecule has 0 aliphatic carbocycles. The maximum absolute atomic E-state index is 12.0. The second-order valence-corrected chi connectivity index (χ2v) is 7.94. The topological polar surface area (TPSA) is 72.0 Å². The molecule has 0 unspecified atom stereocenters. The molecule has 0 radical (unpaired) electrons. The fourth-order valence-corrected chi connectivity index (χ4v) is 3.57. The van der Waals surface area contributed by atoms with Gasteiger partial charge in [0.15, 0.2) is 0 Å². The molecule has 5 nitrogen and oxygen atoms in total. The van der Waals surface area contributed by atoms with Crippen molar-refractivity contribution in [3.63, 3.8) is 0 Å². The average molecular weight is 377 g/mol. The van der Waals surface area contributed by atoms with Gasteiger partial charge in [0, 0.05) is 29.8 Å². The van der Waals surface area contributed by atoms with Crippen LogP contribution in [0.5, 0.6) is 0 Å². The van der Waals surface area contributed by atoms with Gasteiger partial charge in [0.05, 0.1) is 4.90 Å². The van der Waals surface area contributed by atoms with E-state index in [0.29, 0.717) is 12.8 Å². The Morgan fingerprint density at radius 1 is 0.963 bits per heavy atom. The molecule has 2 aromatic carbocycles. The molecule has 0 fully saturated rings. The highest BCUT2D eigenvalue weighted by atomic mass is 32.2. The average Bonchev–Trinajstić information content (AvgIpc) is 2.68. The Kier molecular flexibility index (Phi) is 5.65. The molecule has 3 aromatic rings. The first-order valence-corrected chi connectivity index (χ1v) is 9.86. The van der Waals surface area contributed by atoms with Crippen LogP contribution in [-0.2, 0) is 22.9 Å². The molecular weight excluding hydrogens is 358 g/mol. The van der Waals surface area contributed by atoms with Gasteiger partial charge >= 0.3 is 0 Å². The maximum Gasteiger partial charge on any atom is 0.240 e. The van der Waals surface area contributed by atoms with Gasteiger partial charge in [-0.05, 0) is 48.5 Å². The minimum Gasteiger partial charge on any atom is -0.241 e. The number of sulfonamides is 1. The summed E-state index contributed by atoms with van der Waals surface area (Å²) in [5.41, 5.74) is 4.49. The summed E-state index contributed by atoms with van der Waals surface area (Å²) in [6, 6.07) is 16.6. The Labute approximate surface area is 159 Å². The SMILES string of the molecule is C#Cc1cccc(Cc2cc(Cc3cccc(S(=O)(=O)NC)c3)ncn2)c1. The van der Waals surface area contributed by atoms with Crippen molar-refractivity contribution in [2.45, 2.75) is 17.7 Å². The van der Waals surface area contributed by atoms with Crippen molar-refractivity contribution in [1.82, 2.24) is 14.7 Å². The molecule has 0 amide bonds. The van der Waals surface area contributed by atoms with Gasteiger partial charge in [0.1, 0.15) is 6.33 Å². The third kappa shape index (κ3) is 4.79. The first-order valence-electron chi connectivity index (χ1n) is 8.38. The highest BCUT2D eigenvalue weighted by Crippen LogP contribution is 2.15. The van der Waals surface area contributed by atoms with E-state index in [-0.39, 0.29) is 4.90 Å². The lowest BCUT2D eigenvalue weighted by atomic mass is 10.0. The number of aromatic nitrogens is 2. The lowest BCUT2D eigenvalue weighted by molar-refractivity contribution is 0.588. The van der Waals surface area contributed by atoms with Crippen LogP contribution in [0.15, 0.2) is 65.8 Å². The van der Waals surface area contributed by atoms with Crippen LogP contribution in [0.2, 0.25) is 0 Å². The van der Waals surface area contributed by atoms with E-state index in [1.54, 1.807) is 18.2 Å². The largest absolute Gasteiger partial charge is 0.241 e.